The van der Waals surface area contributed by atoms with Crippen LogP contribution in [0.25, 0.3) is 0 Å². The molecule has 4 fully saturated rings. The van der Waals surface area contributed by atoms with Gasteiger partial charge in [-0.1, -0.05) is 0 Å². The molecule has 2 N–H and O–H groups in total. The number of hydrogen-bond donors (Lipinski definition) is 2. The van der Waals surface area contributed by atoms with E-state index in [1.807, 2.05) is 6.92 Å². The van der Waals surface area contributed by atoms with Gasteiger partial charge in [0.1, 0.15) is 5.01 Å². The molecular formula is C22H28N2O2S2. The van der Waals surface area contributed by atoms with Gasteiger partial charge in [0, 0.05) is 11.3 Å². The van der Waals surface area contributed by atoms with Crippen molar-refractivity contribution in [3.63, 3.8) is 0 Å². The lowest BCUT2D eigenvalue weighted by Gasteiger charge is -2.59. The summed E-state index contributed by atoms with van der Waals surface area (Å²) in [6.45, 7) is 4.13. The largest absolute Gasteiger partial charge is 0.390 e. The summed E-state index contributed by atoms with van der Waals surface area (Å²) in [6.07, 6.45) is 6.27. The van der Waals surface area contributed by atoms with Crippen LogP contribution in [0.15, 0.2) is 16.8 Å². The average Bonchev–Trinajstić information content (AvgIpc) is 3.22. The van der Waals surface area contributed by atoms with E-state index in [-0.39, 0.29) is 17.4 Å². The van der Waals surface area contributed by atoms with E-state index in [4.69, 9.17) is 4.98 Å². The third-order valence-electron chi connectivity index (χ3n) is 7.18. The molecule has 2 aromatic heterocycles. The number of nitrogens with one attached hydrogen (secondary N) is 1. The standard InChI is InChI=1S/C22H28N2O2S2/c1-13-14(2)28-19(23-13)18(6-15-3-4-27-11-15)24-20(25)21-7-16-5-17(8-21)10-22(26,9-16)12-21/h3-4,11,16-18,26H,5-10,12H2,1-2H3,(H,24,25)/t16-,17-,18+,21?,22?/m0/s1. The Morgan fingerprint density at radius 3 is 2.64 bits per heavy atom. The maximum Gasteiger partial charge on any atom is 0.226 e. The molecule has 1 amide bonds. The van der Waals surface area contributed by atoms with Crippen molar-refractivity contribution in [2.75, 3.05) is 0 Å². The van der Waals surface area contributed by atoms with Crippen molar-refractivity contribution in [3.05, 3.63) is 38.0 Å². The van der Waals surface area contributed by atoms with Crippen LogP contribution >= 0.6 is 22.7 Å². The van der Waals surface area contributed by atoms with Gasteiger partial charge in [0.15, 0.2) is 0 Å². The van der Waals surface area contributed by atoms with Crippen LogP contribution < -0.4 is 5.32 Å². The number of carbonyl (C=O) groups is 1. The van der Waals surface area contributed by atoms with E-state index in [2.05, 4.69) is 29.1 Å². The van der Waals surface area contributed by atoms with Gasteiger partial charge < -0.3 is 10.4 Å². The Morgan fingerprint density at radius 2 is 2.07 bits per heavy atom. The molecule has 3 atom stereocenters. The summed E-state index contributed by atoms with van der Waals surface area (Å²) in [7, 11) is 0. The maximum absolute atomic E-state index is 13.6. The molecule has 0 radical (unpaired) electrons. The van der Waals surface area contributed by atoms with Gasteiger partial charge in [-0.25, -0.2) is 4.98 Å². The van der Waals surface area contributed by atoms with Gasteiger partial charge >= 0.3 is 0 Å². The monoisotopic (exact) mass is 416 g/mol. The van der Waals surface area contributed by atoms with E-state index in [0.717, 1.165) is 42.8 Å². The van der Waals surface area contributed by atoms with Gasteiger partial charge in [-0.05, 0) is 86.6 Å². The number of nitrogens with zero attached hydrogens (tertiary/aromatic N) is 1. The number of carbonyl (C=O) groups excluding carboxylic acids is 1. The number of thiazole rings is 1. The molecule has 6 heteroatoms. The molecule has 4 saturated carbocycles. The summed E-state index contributed by atoms with van der Waals surface area (Å²) in [5.74, 6) is 1.17. The Bertz CT molecular complexity index is 855. The minimum Gasteiger partial charge on any atom is -0.390 e. The molecular weight excluding hydrogens is 388 g/mol. The van der Waals surface area contributed by atoms with Crippen LogP contribution in [-0.4, -0.2) is 21.6 Å². The Balaban J connectivity index is 1.41. The van der Waals surface area contributed by atoms with E-state index in [9.17, 15) is 9.90 Å². The zero-order valence-corrected chi connectivity index (χ0v) is 18.2. The first-order valence-corrected chi connectivity index (χ1v) is 12.1. The SMILES string of the molecule is Cc1nc([C@@H](Cc2ccsc2)NC(=O)C23C[C@@H]4C[C@H](CC(O)(C4)C2)C3)sc1C. The number of rotatable bonds is 5. The molecule has 4 aliphatic rings. The van der Waals surface area contributed by atoms with Gasteiger partial charge in [0.05, 0.1) is 22.8 Å². The summed E-state index contributed by atoms with van der Waals surface area (Å²) in [5.41, 5.74) is 1.30. The molecule has 4 nitrogen and oxygen atoms in total. The second kappa shape index (κ2) is 6.64. The van der Waals surface area contributed by atoms with Crippen LogP contribution in [0.4, 0.5) is 0 Å². The minimum absolute atomic E-state index is 0.0952. The Kier molecular flexibility index (Phi) is 4.45. The number of aryl methyl sites for hydroxylation is 2. The number of thiophene rings is 1. The van der Waals surface area contributed by atoms with Gasteiger partial charge in [0.25, 0.3) is 0 Å². The van der Waals surface area contributed by atoms with Crippen molar-refractivity contribution in [3.8, 4) is 0 Å². The average molecular weight is 417 g/mol. The fourth-order valence-corrected chi connectivity index (χ4v) is 7.94. The first-order valence-electron chi connectivity index (χ1n) is 10.3. The molecule has 0 aromatic carbocycles. The van der Waals surface area contributed by atoms with Crippen LogP contribution in [0.2, 0.25) is 0 Å². The smallest absolute Gasteiger partial charge is 0.226 e. The van der Waals surface area contributed by atoms with Gasteiger partial charge in [-0.15, -0.1) is 11.3 Å². The molecule has 0 spiro atoms. The van der Waals surface area contributed by atoms with Crippen molar-refractivity contribution >= 4 is 28.6 Å². The van der Waals surface area contributed by atoms with Crippen molar-refractivity contribution in [1.82, 2.24) is 10.3 Å². The van der Waals surface area contributed by atoms with Gasteiger partial charge in [-0.3, -0.25) is 4.79 Å². The summed E-state index contributed by atoms with van der Waals surface area (Å²) in [5, 5.41) is 19.7. The molecule has 28 heavy (non-hydrogen) atoms. The Hall–Kier alpha value is -1.24. The van der Waals surface area contributed by atoms with E-state index < -0.39 is 5.60 Å². The number of hydrogen-bond acceptors (Lipinski definition) is 5. The second-order valence-electron chi connectivity index (χ2n) is 9.52. The predicted molar refractivity (Wildman–Crippen MR) is 113 cm³/mol. The molecule has 4 aliphatic carbocycles. The summed E-state index contributed by atoms with van der Waals surface area (Å²) < 4.78 is 0. The Morgan fingerprint density at radius 1 is 1.32 bits per heavy atom. The molecule has 6 rings (SSSR count). The fraction of sp³-hybridized carbons (Fsp3) is 0.636. The highest BCUT2D eigenvalue weighted by Crippen LogP contribution is 2.61. The van der Waals surface area contributed by atoms with E-state index in [1.165, 1.54) is 16.9 Å². The second-order valence-corrected chi connectivity index (χ2v) is 11.5. The fourth-order valence-electron chi connectivity index (χ4n) is 6.28. The predicted octanol–water partition coefficient (Wildman–Crippen LogP) is 4.55. The molecule has 2 heterocycles. The first-order chi connectivity index (χ1) is 13.3. The van der Waals surface area contributed by atoms with E-state index >= 15 is 0 Å². The third kappa shape index (κ3) is 3.23. The van der Waals surface area contributed by atoms with Crippen LogP contribution in [0.5, 0.6) is 0 Å². The summed E-state index contributed by atoms with van der Waals surface area (Å²) in [4.78, 5) is 19.6. The van der Waals surface area contributed by atoms with Crippen molar-refractivity contribution < 1.29 is 9.90 Å². The van der Waals surface area contributed by atoms with Gasteiger partial charge in [0.2, 0.25) is 5.91 Å². The zero-order chi connectivity index (χ0) is 19.5. The van der Waals surface area contributed by atoms with Crippen LogP contribution in [-0.2, 0) is 11.2 Å². The molecule has 0 saturated heterocycles. The van der Waals surface area contributed by atoms with Gasteiger partial charge in [-0.2, -0.15) is 11.3 Å². The minimum atomic E-state index is -0.612. The first kappa shape index (κ1) is 18.8. The summed E-state index contributed by atoms with van der Waals surface area (Å²) in [6, 6.07) is 2.03. The highest BCUT2D eigenvalue weighted by atomic mass is 32.1. The van der Waals surface area contributed by atoms with Crippen LogP contribution in [0.3, 0.4) is 0 Å². The third-order valence-corrected chi connectivity index (χ3v) is 9.10. The normalized spacial score (nSPS) is 34.5. The molecule has 0 aliphatic heterocycles. The molecule has 2 aromatic rings. The van der Waals surface area contributed by atoms with Crippen molar-refractivity contribution in [1.29, 1.82) is 0 Å². The quantitative estimate of drug-likeness (QED) is 0.751. The lowest BCUT2D eigenvalue weighted by atomic mass is 9.47. The highest BCUT2D eigenvalue weighted by molar-refractivity contribution is 7.11. The molecule has 150 valence electrons. The lowest BCUT2D eigenvalue weighted by molar-refractivity contribution is -0.178. The number of aliphatic hydroxyl groups is 1. The molecule has 4 bridgehead atoms. The maximum atomic E-state index is 13.6. The van der Waals surface area contributed by atoms with E-state index in [0.29, 0.717) is 18.3 Å². The summed E-state index contributed by atoms with van der Waals surface area (Å²) >= 11 is 3.38. The van der Waals surface area contributed by atoms with Crippen LogP contribution in [0.1, 0.15) is 65.7 Å². The topological polar surface area (TPSA) is 62.2 Å². The van der Waals surface area contributed by atoms with Crippen molar-refractivity contribution in [2.24, 2.45) is 17.3 Å². The van der Waals surface area contributed by atoms with E-state index in [1.54, 1.807) is 22.7 Å². The zero-order valence-electron chi connectivity index (χ0n) is 16.5. The number of amides is 1. The van der Waals surface area contributed by atoms with Crippen molar-refractivity contribution in [2.45, 2.75) is 70.4 Å². The lowest BCUT2D eigenvalue weighted by Crippen LogP contribution is -2.60. The number of aromatic nitrogens is 1. The molecule has 0 unspecified atom stereocenters. The Labute approximate surface area is 174 Å². The highest BCUT2D eigenvalue weighted by Gasteiger charge is 2.60. The van der Waals surface area contributed by atoms with Crippen LogP contribution in [0, 0.1) is 31.1 Å².